The van der Waals surface area contributed by atoms with E-state index in [1.165, 1.54) is 0 Å². The van der Waals surface area contributed by atoms with Gasteiger partial charge in [-0.15, -0.1) is 0 Å². The van der Waals surface area contributed by atoms with E-state index < -0.39 is 0 Å². The van der Waals surface area contributed by atoms with Crippen molar-refractivity contribution >= 4 is 34.8 Å². The van der Waals surface area contributed by atoms with Gasteiger partial charge in [-0.1, -0.05) is 23.2 Å². The maximum Gasteiger partial charge on any atom is 0.209 e. The second-order valence-corrected chi connectivity index (χ2v) is 7.82. The lowest BCUT2D eigenvalue weighted by atomic mass is 10.1. The zero-order valence-corrected chi connectivity index (χ0v) is 17.7. The van der Waals surface area contributed by atoms with Crippen molar-refractivity contribution in [3.63, 3.8) is 0 Å². The van der Waals surface area contributed by atoms with Crippen molar-refractivity contribution < 1.29 is 0 Å². The fourth-order valence-corrected chi connectivity index (χ4v) is 3.66. The highest BCUT2D eigenvalue weighted by molar-refractivity contribution is 6.36. The van der Waals surface area contributed by atoms with Crippen molar-refractivity contribution in [3.05, 3.63) is 76.3 Å². The first-order valence-corrected chi connectivity index (χ1v) is 10.2. The maximum absolute atomic E-state index is 8.89. The van der Waals surface area contributed by atoms with Crippen LogP contribution in [0, 0.1) is 11.3 Å². The first-order valence-electron chi connectivity index (χ1n) is 9.44. The van der Waals surface area contributed by atoms with Crippen molar-refractivity contribution in [1.29, 1.82) is 5.26 Å². The second kappa shape index (κ2) is 8.70. The highest BCUT2D eigenvalue weighted by Gasteiger charge is 2.13. The van der Waals surface area contributed by atoms with Crippen molar-refractivity contribution in [1.82, 2.24) is 19.4 Å². The number of hydrogen-bond donors (Lipinski definition) is 1. The van der Waals surface area contributed by atoms with Crippen molar-refractivity contribution in [2.24, 2.45) is 0 Å². The van der Waals surface area contributed by atoms with E-state index in [-0.39, 0.29) is 6.04 Å². The molecule has 0 radical (unpaired) electrons. The Kier molecular flexibility index (Phi) is 5.84. The summed E-state index contributed by atoms with van der Waals surface area (Å²) in [5.74, 6) is 0.686. The van der Waals surface area contributed by atoms with Crippen LogP contribution in [0.4, 0.5) is 5.95 Å². The molecule has 6 nitrogen and oxygen atoms in total. The SMILES string of the molecule is CC(CCc1ccc(C#N)cn1)Nc1nc(-c2ccc(Cl)cc2Cl)cc2nccn12. The molecule has 0 spiro atoms. The molecule has 1 unspecified atom stereocenters. The maximum atomic E-state index is 8.89. The Labute approximate surface area is 184 Å². The number of benzene rings is 1. The fraction of sp³-hybridized carbons (Fsp3) is 0.182. The largest absolute Gasteiger partial charge is 0.353 e. The molecule has 0 bridgehead atoms. The van der Waals surface area contributed by atoms with Gasteiger partial charge in [0.2, 0.25) is 5.95 Å². The van der Waals surface area contributed by atoms with E-state index in [0.29, 0.717) is 21.6 Å². The Bertz CT molecular complexity index is 1230. The lowest BCUT2D eigenvalue weighted by Crippen LogP contribution is -2.19. The van der Waals surface area contributed by atoms with Gasteiger partial charge in [-0.3, -0.25) is 9.38 Å². The van der Waals surface area contributed by atoms with E-state index in [4.69, 9.17) is 33.4 Å². The van der Waals surface area contributed by atoms with E-state index >= 15 is 0 Å². The molecule has 150 valence electrons. The molecule has 4 aromatic rings. The number of aryl methyl sites for hydroxylation is 1. The van der Waals surface area contributed by atoms with E-state index in [1.54, 1.807) is 30.6 Å². The molecule has 0 aliphatic heterocycles. The van der Waals surface area contributed by atoms with Crippen molar-refractivity contribution in [2.75, 3.05) is 5.32 Å². The van der Waals surface area contributed by atoms with E-state index in [1.807, 2.05) is 28.8 Å². The van der Waals surface area contributed by atoms with E-state index in [0.717, 1.165) is 35.4 Å². The van der Waals surface area contributed by atoms with Gasteiger partial charge in [-0.2, -0.15) is 5.26 Å². The van der Waals surface area contributed by atoms with Crippen molar-refractivity contribution in [2.45, 2.75) is 25.8 Å². The molecule has 0 saturated heterocycles. The monoisotopic (exact) mass is 436 g/mol. The molecular formula is C22H18Cl2N6. The molecule has 0 aliphatic rings. The Hall–Kier alpha value is -3.14. The second-order valence-electron chi connectivity index (χ2n) is 6.98. The van der Waals surface area contributed by atoms with Gasteiger partial charge in [0, 0.05) is 47.0 Å². The minimum atomic E-state index is 0.136. The molecular weight excluding hydrogens is 419 g/mol. The zero-order valence-electron chi connectivity index (χ0n) is 16.2. The molecule has 4 rings (SSSR count). The molecule has 3 aromatic heterocycles. The average molecular weight is 437 g/mol. The summed E-state index contributed by atoms with van der Waals surface area (Å²) in [7, 11) is 0. The highest BCUT2D eigenvalue weighted by Crippen LogP contribution is 2.30. The number of nitriles is 1. The van der Waals surface area contributed by atoms with Crippen LogP contribution in [0.15, 0.2) is 55.0 Å². The van der Waals surface area contributed by atoms with E-state index in [9.17, 15) is 0 Å². The molecule has 1 N–H and O–H groups in total. The Morgan fingerprint density at radius 3 is 2.77 bits per heavy atom. The first-order chi connectivity index (χ1) is 14.5. The summed E-state index contributed by atoms with van der Waals surface area (Å²) < 4.78 is 1.91. The number of anilines is 1. The predicted molar refractivity (Wildman–Crippen MR) is 119 cm³/mol. The van der Waals surface area contributed by atoms with Crippen LogP contribution in [0.25, 0.3) is 16.9 Å². The number of halogens is 2. The van der Waals surface area contributed by atoms with Crippen LogP contribution in [0.2, 0.25) is 10.0 Å². The minimum absolute atomic E-state index is 0.136. The molecule has 30 heavy (non-hydrogen) atoms. The van der Waals surface area contributed by atoms with Gasteiger partial charge >= 0.3 is 0 Å². The summed E-state index contributed by atoms with van der Waals surface area (Å²) in [5.41, 5.74) is 3.80. The van der Waals surface area contributed by atoms with Gasteiger partial charge < -0.3 is 5.32 Å². The van der Waals surface area contributed by atoms with Crippen LogP contribution < -0.4 is 5.32 Å². The van der Waals surface area contributed by atoms with E-state index in [2.05, 4.69) is 28.3 Å². The first kappa shape index (κ1) is 20.1. The zero-order chi connectivity index (χ0) is 21.1. The number of aromatic nitrogens is 4. The van der Waals surface area contributed by atoms with Gasteiger partial charge in [-0.05, 0) is 50.1 Å². The minimum Gasteiger partial charge on any atom is -0.353 e. The fourth-order valence-electron chi connectivity index (χ4n) is 3.16. The molecule has 0 fully saturated rings. The Morgan fingerprint density at radius 1 is 1.17 bits per heavy atom. The molecule has 0 aliphatic carbocycles. The summed E-state index contributed by atoms with van der Waals surface area (Å²) >= 11 is 12.4. The summed E-state index contributed by atoms with van der Waals surface area (Å²) in [6, 6.07) is 13.1. The summed E-state index contributed by atoms with van der Waals surface area (Å²) in [6.07, 6.45) is 6.84. The molecule has 3 heterocycles. The number of fused-ring (bicyclic) bond motifs is 1. The van der Waals surface area contributed by atoms with Gasteiger partial charge in [0.15, 0.2) is 0 Å². The number of pyridine rings is 1. The normalized spacial score (nSPS) is 11.9. The van der Waals surface area contributed by atoms with Crippen LogP contribution in [-0.4, -0.2) is 25.4 Å². The predicted octanol–water partition coefficient (Wildman–Crippen LogP) is 5.40. The van der Waals surface area contributed by atoms with Crippen LogP contribution in [0.1, 0.15) is 24.6 Å². The van der Waals surface area contributed by atoms with Crippen LogP contribution in [0.3, 0.4) is 0 Å². The third-order valence-electron chi connectivity index (χ3n) is 4.76. The molecule has 0 amide bonds. The number of nitrogens with one attached hydrogen (secondary N) is 1. The third kappa shape index (κ3) is 4.38. The quantitative estimate of drug-likeness (QED) is 0.437. The highest BCUT2D eigenvalue weighted by atomic mass is 35.5. The standard InChI is InChI=1S/C22H18Cl2N6/c1-14(2-5-17-6-3-15(12-25)13-27-17)28-22-29-20(11-21-26-8-9-30(21)22)18-7-4-16(23)10-19(18)24/h3-4,6-11,13-14H,2,5H2,1H3,(H,28,29). The van der Waals surface area contributed by atoms with Crippen molar-refractivity contribution in [3.8, 4) is 17.3 Å². The van der Waals surface area contributed by atoms with Gasteiger partial charge in [-0.25, -0.2) is 9.97 Å². The molecule has 8 heteroatoms. The number of nitrogens with zero attached hydrogens (tertiary/aromatic N) is 5. The smallest absolute Gasteiger partial charge is 0.209 e. The lowest BCUT2D eigenvalue weighted by molar-refractivity contribution is 0.687. The Morgan fingerprint density at radius 2 is 2.03 bits per heavy atom. The van der Waals surface area contributed by atoms with Crippen LogP contribution in [0.5, 0.6) is 0 Å². The summed E-state index contributed by atoms with van der Waals surface area (Å²) in [4.78, 5) is 13.5. The third-order valence-corrected chi connectivity index (χ3v) is 5.31. The Balaban J connectivity index is 1.55. The lowest BCUT2D eigenvalue weighted by Gasteiger charge is -2.17. The summed E-state index contributed by atoms with van der Waals surface area (Å²) in [5, 5.41) is 13.5. The number of hydrogen-bond acceptors (Lipinski definition) is 5. The molecule has 0 saturated carbocycles. The number of imidazole rings is 1. The van der Waals surface area contributed by atoms with Gasteiger partial charge in [0.25, 0.3) is 0 Å². The average Bonchev–Trinajstić information content (AvgIpc) is 3.21. The van der Waals surface area contributed by atoms with Crippen LogP contribution >= 0.6 is 23.2 Å². The topological polar surface area (TPSA) is 78.9 Å². The molecule has 1 atom stereocenters. The van der Waals surface area contributed by atoms with Gasteiger partial charge in [0.05, 0.1) is 16.3 Å². The van der Waals surface area contributed by atoms with Crippen LogP contribution in [-0.2, 0) is 6.42 Å². The molecule has 1 aromatic carbocycles. The van der Waals surface area contributed by atoms with Gasteiger partial charge in [0.1, 0.15) is 11.7 Å². The summed E-state index contributed by atoms with van der Waals surface area (Å²) in [6.45, 7) is 2.09. The number of rotatable bonds is 6.